The highest BCUT2D eigenvalue weighted by molar-refractivity contribution is 5.91. The van der Waals surface area contributed by atoms with Crippen LogP contribution in [-0.4, -0.2) is 58.5 Å². The van der Waals surface area contributed by atoms with Crippen LogP contribution < -0.4 is 5.32 Å². The average Bonchev–Trinajstić information content (AvgIpc) is 3.34. The number of carbonyl (C=O) groups excluding carboxylic acids is 1. The topological polar surface area (TPSA) is 87.8 Å². The lowest BCUT2D eigenvalue weighted by Crippen LogP contribution is -2.34. The van der Waals surface area contributed by atoms with Gasteiger partial charge in [-0.05, 0) is 56.7 Å². The maximum Gasteiger partial charge on any atom is 0.275 e. The molecule has 2 atom stereocenters. The first-order valence-electron chi connectivity index (χ1n) is 9.20. The number of nitrogens with one attached hydrogen (secondary N) is 1. The van der Waals surface area contributed by atoms with E-state index >= 15 is 0 Å². The van der Waals surface area contributed by atoms with Gasteiger partial charge in [0.05, 0.1) is 11.9 Å². The summed E-state index contributed by atoms with van der Waals surface area (Å²) >= 11 is 0. The molecule has 2 aliphatic heterocycles. The molecule has 4 rings (SSSR count). The average molecular weight is 343 g/mol. The monoisotopic (exact) mass is 343 g/mol. The standard InChI is InChI=1S/C17H25N7O/c1-23(10-15-13-5-2-6-14(13)19-20-15)17(25)16-11-24(22-21-16)9-12-4-3-7-18-8-12/h11-12,15,18H,2-10H2,1H3/t12-,15-/m0/s1. The van der Waals surface area contributed by atoms with E-state index in [0.29, 0.717) is 18.2 Å². The SMILES string of the molecule is CN(C[C@@H]1N=NC2=C1CCC2)C(=O)c1cn(C[C@H]2CCCNC2)nn1. The first kappa shape index (κ1) is 16.4. The number of allylic oxidation sites excluding steroid dienone is 1. The first-order valence-corrected chi connectivity index (χ1v) is 9.20. The van der Waals surface area contributed by atoms with Crippen molar-refractivity contribution in [2.24, 2.45) is 16.1 Å². The molecule has 3 aliphatic rings. The molecule has 0 saturated carbocycles. The van der Waals surface area contributed by atoms with Crippen molar-refractivity contribution in [3.63, 3.8) is 0 Å². The normalized spacial score (nSPS) is 25.5. The van der Waals surface area contributed by atoms with Crippen molar-refractivity contribution < 1.29 is 4.79 Å². The van der Waals surface area contributed by atoms with E-state index in [1.165, 1.54) is 18.4 Å². The molecule has 8 heteroatoms. The number of nitrogens with zero attached hydrogens (tertiary/aromatic N) is 6. The Morgan fingerprint density at radius 2 is 2.32 bits per heavy atom. The molecule has 1 aromatic rings. The molecule has 134 valence electrons. The minimum Gasteiger partial charge on any atom is -0.338 e. The van der Waals surface area contributed by atoms with Gasteiger partial charge in [0.2, 0.25) is 0 Å². The van der Waals surface area contributed by atoms with Crippen LogP contribution in [0.15, 0.2) is 27.7 Å². The van der Waals surface area contributed by atoms with Crippen LogP contribution in [0, 0.1) is 5.92 Å². The van der Waals surface area contributed by atoms with Crippen LogP contribution in [0.4, 0.5) is 0 Å². The fourth-order valence-electron chi connectivity index (χ4n) is 3.95. The number of hydrogen-bond donors (Lipinski definition) is 1. The largest absolute Gasteiger partial charge is 0.338 e. The van der Waals surface area contributed by atoms with Gasteiger partial charge in [-0.3, -0.25) is 9.48 Å². The highest BCUT2D eigenvalue weighted by Gasteiger charge is 2.30. The molecule has 0 spiro atoms. The Morgan fingerprint density at radius 1 is 1.40 bits per heavy atom. The summed E-state index contributed by atoms with van der Waals surface area (Å²) in [6, 6.07) is 0.0230. The first-order chi connectivity index (χ1) is 12.2. The minimum absolute atomic E-state index is 0.0230. The third kappa shape index (κ3) is 3.49. The zero-order chi connectivity index (χ0) is 17.2. The van der Waals surface area contributed by atoms with Crippen molar-refractivity contribution >= 4 is 5.91 Å². The van der Waals surface area contributed by atoms with E-state index in [0.717, 1.165) is 44.6 Å². The van der Waals surface area contributed by atoms with Crippen LogP contribution >= 0.6 is 0 Å². The Hall–Kier alpha value is -2.09. The Balaban J connectivity index is 1.35. The molecule has 3 heterocycles. The Bertz CT molecular complexity index is 702. The van der Waals surface area contributed by atoms with Gasteiger partial charge in [-0.25, -0.2) is 0 Å². The van der Waals surface area contributed by atoms with Gasteiger partial charge in [-0.15, -0.1) is 5.10 Å². The van der Waals surface area contributed by atoms with Crippen LogP contribution in [-0.2, 0) is 6.54 Å². The lowest BCUT2D eigenvalue weighted by Gasteiger charge is -2.22. The Morgan fingerprint density at radius 3 is 3.16 bits per heavy atom. The summed E-state index contributed by atoms with van der Waals surface area (Å²) in [4.78, 5) is 14.3. The number of azo groups is 1. The van der Waals surface area contributed by atoms with Crippen molar-refractivity contribution in [2.45, 2.75) is 44.7 Å². The third-order valence-corrected chi connectivity index (χ3v) is 5.35. The summed E-state index contributed by atoms with van der Waals surface area (Å²) in [5.74, 6) is 0.457. The molecule has 25 heavy (non-hydrogen) atoms. The van der Waals surface area contributed by atoms with Crippen molar-refractivity contribution in [1.82, 2.24) is 25.2 Å². The van der Waals surface area contributed by atoms with E-state index in [1.54, 1.807) is 22.8 Å². The van der Waals surface area contributed by atoms with Crippen molar-refractivity contribution in [1.29, 1.82) is 0 Å². The predicted octanol–water partition coefficient (Wildman–Crippen LogP) is 1.62. The van der Waals surface area contributed by atoms with Gasteiger partial charge in [-0.2, -0.15) is 10.2 Å². The van der Waals surface area contributed by atoms with Gasteiger partial charge >= 0.3 is 0 Å². The van der Waals surface area contributed by atoms with Crippen LogP contribution in [0.1, 0.15) is 42.6 Å². The smallest absolute Gasteiger partial charge is 0.275 e. The second-order valence-corrected chi connectivity index (χ2v) is 7.28. The molecule has 1 N–H and O–H groups in total. The van der Waals surface area contributed by atoms with Gasteiger partial charge in [0.1, 0.15) is 6.04 Å². The van der Waals surface area contributed by atoms with Gasteiger partial charge in [0.15, 0.2) is 5.69 Å². The summed E-state index contributed by atoms with van der Waals surface area (Å²) in [5.41, 5.74) is 2.85. The maximum atomic E-state index is 12.6. The van der Waals surface area contributed by atoms with Crippen molar-refractivity contribution in [3.8, 4) is 0 Å². The fourth-order valence-corrected chi connectivity index (χ4v) is 3.95. The van der Waals surface area contributed by atoms with Gasteiger partial charge in [-0.1, -0.05) is 5.21 Å². The van der Waals surface area contributed by atoms with E-state index in [1.807, 2.05) is 0 Å². The summed E-state index contributed by atoms with van der Waals surface area (Å²) in [7, 11) is 1.80. The molecule has 1 aromatic heterocycles. The lowest BCUT2D eigenvalue weighted by molar-refractivity contribution is 0.0785. The van der Waals surface area contributed by atoms with Crippen molar-refractivity contribution in [3.05, 3.63) is 23.2 Å². The number of hydrogen-bond acceptors (Lipinski definition) is 6. The number of amides is 1. The number of carbonyl (C=O) groups is 1. The third-order valence-electron chi connectivity index (χ3n) is 5.35. The zero-order valence-electron chi connectivity index (χ0n) is 14.7. The number of aromatic nitrogens is 3. The van der Waals surface area contributed by atoms with Crippen LogP contribution in [0.5, 0.6) is 0 Å². The van der Waals surface area contributed by atoms with E-state index in [9.17, 15) is 4.79 Å². The van der Waals surface area contributed by atoms with Gasteiger partial charge in [0.25, 0.3) is 5.91 Å². The molecule has 0 aromatic carbocycles. The Labute approximate surface area is 147 Å². The summed E-state index contributed by atoms with van der Waals surface area (Å²) in [6.07, 6.45) is 7.39. The minimum atomic E-state index is -0.102. The predicted molar refractivity (Wildman–Crippen MR) is 92.1 cm³/mol. The lowest BCUT2D eigenvalue weighted by atomic mass is 10.00. The number of piperidine rings is 1. The molecular formula is C17H25N7O. The summed E-state index contributed by atoms with van der Waals surface area (Å²) < 4.78 is 1.80. The highest BCUT2D eigenvalue weighted by Crippen LogP contribution is 2.35. The quantitative estimate of drug-likeness (QED) is 0.880. The van der Waals surface area contributed by atoms with Gasteiger partial charge < -0.3 is 10.2 Å². The molecule has 1 fully saturated rings. The number of likely N-dealkylation sites (N-methyl/N-ethyl adjacent to an activating group) is 1. The Kier molecular flexibility index (Phi) is 4.61. The van der Waals surface area contributed by atoms with Crippen LogP contribution in [0.25, 0.3) is 0 Å². The van der Waals surface area contributed by atoms with Crippen LogP contribution in [0.3, 0.4) is 0 Å². The summed E-state index contributed by atoms with van der Waals surface area (Å²) in [6.45, 7) is 3.47. The number of rotatable bonds is 5. The van der Waals surface area contributed by atoms with E-state index in [2.05, 4.69) is 25.9 Å². The molecule has 0 radical (unpaired) electrons. The van der Waals surface area contributed by atoms with Crippen molar-refractivity contribution in [2.75, 3.05) is 26.7 Å². The maximum absolute atomic E-state index is 12.6. The summed E-state index contributed by atoms with van der Waals surface area (Å²) in [5, 5.41) is 20.2. The molecule has 0 bridgehead atoms. The second kappa shape index (κ2) is 7.03. The van der Waals surface area contributed by atoms with E-state index < -0.39 is 0 Å². The van der Waals surface area contributed by atoms with Gasteiger partial charge in [0, 0.05) is 20.1 Å². The molecule has 1 amide bonds. The fraction of sp³-hybridized carbons (Fsp3) is 0.706. The van der Waals surface area contributed by atoms with E-state index in [-0.39, 0.29) is 11.9 Å². The zero-order valence-corrected chi connectivity index (χ0v) is 14.7. The van der Waals surface area contributed by atoms with Crippen LogP contribution in [0.2, 0.25) is 0 Å². The second-order valence-electron chi connectivity index (χ2n) is 7.28. The highest BCUT2D eigenvalue weighted by atomic mass is 16.2. The molecule has 1 saturated heterocycles. The van der Waals surface area contributed by atoms with E-state index in [4.69, 9.17) is 0 Å². The molecule has 0 unspecified atom stereocenters. The molecule has 8 nitrogen and oxygen atoms in total. The molecule has 1 aliphatic carbocycles. The molecular weight excluding hydrogens is 318 g/mol.